The second kappa shape index (κ2) is 14.0. The summed E-state index contributed by atoms with van der Waals surface area (Å²) in [4.78, 5) is 9.35. The van der Waals surface area contributed by atoms with Crippen molar-refractivity contribution in [2.45, 2.75) is 0 Å². The van der Waals surface area contributed by atoms with Crippen LogP contribution in [-0.2, 0) is 0 Å². The predicted molar refractivity (Wildman–Crippen MR) is 200 cm³/mol. The first-order valence-corrected chi connectivity index (χ1v) is 15.5. The van der Waals surface area contributed by atoms with Crippen LogP contribution < -0.4 is 14.2 Å². The average Bonchev–Trinajstić information content (AvgIpc) is 3.04. The van der Waals surface area contributed by atoms with E-state index in [2.05, 4.69) is 35.2 Å². The SMILES string of the molecule is S=C(S)Oc1ccc2ccccc2c1C=Nc1ccc(Oc2ccc(N=Cc3c(OC(=S)S)ccc4ccccc34)cc2)cc1. The van der Waals surface area contributed by atoms with Gasteiger partial charge in [-0.05, 0) is 107 Å². The van der Waals surface area contributed by atoms with Gasteiger partial charge in [0.15, 0.2) is 0 Å². The van der Waals surface area contributed by atoms with Crippen molar-refractivity contribution in [1.82, 2.24) is 0 Å². The summed E-state index contributed by atoms with van der Waals surface area (Å²) in [5.41, 5.74) is 3.16. The molecule has 0 N–H and O–H groups in total. The number of thiol groups is 2. The molecule has 0 aliphatic carbocycles. The molecule has 0 saturated heterocycles. The first-order chi connectivity index (χ1) is 21.9. The van der Waals surface area contributed by atoms with Crippen LogP contribution in [0.15, 0.2) is 131 Å². The topological polar surface area (TPSA) is 52.4 Å². The molecular weight excluding hydrogens is 637 g/mol. The average molecular weight is 661 g/mol. The maximum absolute atomic E-state index is 6.07. The van der Waals surface area contributed by atoms with Crippen molar-refractivity contribution in [1.29, 1.82) is 0 Å². The van der Waals surface area contributed by atoms with Crippen LogP contribution in [0.2, 0.25) is 0 Å². The van der Waals surface area contributed by atoms with Gasteiger partial charge in [-0.2, -0.15) is 0 Å². The molecule has 5 nitrogen and oxygen atoms in total. The minimum Gasteiger partial charge on any atom is -0.457 e. The van der Waals surface area contributed by atoms with Gasteiger partial charge in [0.25, 0.3) is 0 Å². The van der Waals surface area contributed by atoms with E-state index in [1.54, 1.807) is 12.4 Å². The fraction of sp³-hybridized carbons (Fsp3) is 0. The van der Waals surface area contributed by atoms with Crippen LogP contribution in [-0.4, -0.2) is 21.2 Å². The van der Waals surface area contributed by atoms with E-state index in [1.165, 1.54) is 0 Å². The summed E-state index contributed by atoms with van der Waals surface area (Å²) in [6.07, 6.45) is 3.55. The highest BCUT2D eigenvalue weighted by molar-refractivity contribution is 8.10. The second-order valence-corrected chi connectivity index (χ2v) is 11.9. The van der Waals surface area contributed by atoms with Gasteiger partial charge in [-0.15, -0.1) is 0 Å². The summed E-state index contributed by atoms with van der Waals surface area (Å²) in [6.45, 7) is 0. The number of nitrogens with zero attached hydrogens (tertiary/aromatic N) is 2. The van der Waals surface area contributed by atoms with Crippen molar-refractivity contribution in [2.24, 2.45) is 9.98 Å². The van der Waals surface area contributed by atoms with E-state index in [0.29, 0.717) is 23.0 Å². The van der Waals surface area contributed by atoms with Crippen LogP contribution >= 0.6 is 49.7 Å². The highest BCUT2D eigenvalue weighted by Gasteiger charge is 2.10. The molecule has 9 heteroatoms. The zero-order valence-corrected chi connectivity index (χ0v) is 27.0. The van der Waals surface area contributed by atoms with E-state index in [0.717, 1.165) is 44.0 Å². The minimum absolute atomic E-state index is 0.143. The molecule has 0 bridgehead atoms. The molecule has 6 aromatic rings. The van der Waals surface area contributed by atoms with Crippen molar-refractivity contribution >= 4 is 104 Å². The molecule has 0 radical (unpaired) electrons. The lowest BCUT2D eigenvalue weighted by molar-refractivity contribution is 0.483. The Morgan fingerprint density at radius 1 is 0.511 bits per heavy atom. The van der Waals surface area contributed by atoms with Crippen molar-refractivity contribution in [3.63, 3.8) is 0 Å². The molecule has 6 aromatic carbocycles. The summed E-state index contributed by atoms with van der Waals surface area (Å²) in [6, 6.07) is 38.8. The molecule has 0 atom stereocenters. The predicted octanol–water partition coefficient (Wildman–Crippen LogP) is 10.5. The number of aliphatic imine (C=N–C) groups is 2. The molecule has 6 rings (SSSR count). The number of fused-ring (bicyclic) bond motifs is 2. The van der Waals surface area contributed by atoms with Gasteiger partial charge < -0.3 is 14.2 Å². The summed E-state index contributed by atoms with van der Waals surface area (Å²) in [7, 11) is 0. The molecular formula is C36H24N2O3S4. The van der Waals surface area contributed by atoms with Crippen molar-refractivity contribution in [3.8, 4) is 23.0 Å². The lowest BCUT2D eigenvalue weighted by Gasteiger charge is -2.10. The van der Waals surface area contributed by atoms with Crippen LogP contribution in [0.1, 0.15) is 11.1 Å². The molecule has 0 heterocycles. The molecule has 45 heavy (non-hydrogen) atoms. The molecule has 0 aromatic heterocycles. The zero-order chi connectivity index (χ0) is 31.2. The number of hydrogen-bond donors (Lipinski definition) is 2. The normalized spacial score (nSPS) is 11.3. The molecule has 0 aliphatic rings. The first-order valence-electron chi connectivity index (χ1n) is 13.7. The van der Waals surface area contributed by atoms with Gasteiger partial charge in [0.05, 0.1) is 11.4 Å². The second-order valence-electron chi connectivity index (χ2n) is 9.74. The molecule has 0 amide bonds. The number of ether oxygens (including phenoxy) is 3. The highest BCUT2D eigenvalue weighted by Crippen LogP contribution is 2.31. The minimum atomic E-state index is 0.143. The van der Waals surface area contributed by atoms with Crippen molar-refractivity contribution in [2.75, 3.05) is 0 Å². The molecule has 0 unspecified atom stereocenters. The van der Waals surface area contributed by atoms with Gasteiger partial charge in [-0.1, -0.05) is 85.9 Å². The largest absolute Gasteiger partial charge is 0.457 e. The maximum Gasteiger partial charge on any atom is 0.222 e. The third-order valence-electron chi connectivity index (χ3n) is 6.85. The van der Waals surface area contributed by atoms with Gasteiger partial charge >= 0.3 is 0 Å². The number of thiocarbonyl (C=S) groups is 2. The molecule has 0 aliphatic heterocycles. The van der Waals surface area contributed by atoms with Gasteiger partial charge in [-0.3, -0.25) is 9.98 Å². The number of rotatable bonds is 8. The van der Waals surface area contributed by atoms with Crippen LogP contribution in [0.4, 0.5) is 11.4 Å². The van der Waals surface area contributed by atoms with Gasteiger partial charge in [-0.25, -0.2) is 0 Å². The zero-order valence-electron chi connectivity index (χ0n) is 23.5. The lowest BCUT2D eigenvalue weighted by Crippen LogP contribution is -2.00. The Balaban J connectivity index is 1.16. The lowest BCUT2D eigenvalue weighted by atomic mass is 10.0. The molecule has 0 saturated carbocycles. The first kappa shape index (κ1) is 30.5. The quantitative estimate of drug-likeness (QED) is 0.0967. The molecule has 220 valence electrons. The van der Waals surface area contributed by atoms with E-state index < -0.39 is 0 Å². The van der Waals surface area contributed by atoms with Crippen molar-refractivity contribution in [3.05, 3.63) is 132 Å². The van der Waals surface area contributed by atoms with Crippen LogP contribution in [0.5, 0.6) is 23.0 Å². The van der Waals surface area contributed by atoms with Crippen LogP contribution in [0.25, 0.3) is 21.5 Å². The number of benzene rings is 6. The summed E-state index contributed by atoms with van der Waals surface area (Å²) in [5.74, 6) is 2.55. The monoisotopic (exact) mass is 660 g/mol. The van der Waals surface area contributed by atoms with Gasteiger partial charge in [0.1, 0.15) is 23.0 Å². The van der Waals surface area contributed by atoms with Gasteiger partial charge in [0.2, 0.25) is 8.77 Å². The van der Waals surface area contributed by atoms with E-state index in [4.69, 9.17) is 38.6 Å². The summed E-state index contributed by atoms with van der Waals surface area (Å²) < 4.78 is 17.7. The third kappa shape index (κ3) is 7.58. The standard InChI is InChI=1S/C36H24N2O3S4/c42-35(43)40-33-19-9-23-5-1-3-7-29(23)31(33)21-37-25-11-15-27(16-12-25)39-28-17-13-26(14-18-28)38-22-32-30-8-4-2-6-24(30)10-20-34(32)41-36(44)45/h1-22H,(H,42,43)(H,44,45). The third-order valence-corrected chi connectivity index (χ3v) is 7.20. The Morgan fingerprint density at radius 3 is 1.31 bits per heavy atom. The Bertz CT molecular complexity index is 1940. The number of hydrogen-bond acceptors (Lipinski definition) is 7. The highest BCUT2D eigenvalue weighted by atomic mass is 32.1. The smallest absolute Gasteiger partial charge is 0.222 e. The maximum atomic E-state index is 6.07. The Hall–Kier alpha value is -4.54. The summed E-state index contributed by atoms with van der Waals surface area (Å²) in [5, 5.41) is 4.15. The fourth-order valence-corrected chi connectivity index (χ4v) is 5.17. The summed E-state index contributed by atoms with van der Waals surface area (Å²) >= 11 is 18.3. The molecule has 0 spiro atoms. The van der Waals surface area contributed by atoms with E-state index in [9.17, 15) is 0 Å². The Kier molecular flexibility index (Phi) is 9.52. The Morgan fingerprint density at radius 2 is 0.911 bits per heavy atom. The van der Waals surface area contributed by atoms with Crippen molar-refractivity contribution < 1.29 is 14.2 Å². The van der Waals surface area contributed by atoms with E-state index >= 15 is 0 Å². The van der Waals surface area contributed by atoms with E-state index in [1.807, 2.05) is 121 Å². The van der Waals surface area contributed by atoms with Gasteiger partial charge in [0, 0.05) is 23.6 Å². The fourth-order valence-electron chi connectivity index (χ4n) is 4.80. The Labute approximate surface area is 282 Å². The van der Waals surface area contributed by atoms with E-state index in [-0.39, 0.29) is 8.77 Å². The van der Waals surface area contributed by atoms with Crippen LogP contribution in [0, 0.1) is 0 Å². The molecule has 0 fully saturated rings. The van der Waals surface area contributed by atoms with Crippen LogP contribution in [0.3, 0.4) is 0 Å².